The molecule has 5 nitrogen and oxygen atoms in total. The van der Waals surface area contributed by atoms with Crippen LogP contribution >= 0.6 is 11.6 Å². The lowest BCUT2D eigenvalue weighted by atomic mass is 10.1. The zero-order valence-corrected chi connectivity index (χ0v) is 12.1. The minimum atomic E-state index is -0.323. The van der Waals surface area contributed by atoms with E-state index in [1.807, 2.05) is 0 Å². The molecule has 6 heteroatoms. The molecule has 2 amide bonds. The third-order valence-corrected chi connectivity index (χ3v) is 2.94. The van der Waals surface area contributed by atoms with Crippen LogP contribution in [0.2, 0.25) is 5.02 Å². The Kier molecular flexibility index (Phi) is 4.45. The van der Waals surface area contributed by atoms with E-state index in [1.165, 1.54) is 6.92 Å². The molecular formula is C15H14ClN3O2. The van der Waals surface area contributed by atoms with Gasteiger partial charge in [-0.1, -0.05) is 17.7 Å². The van der Waals surface area contributed by atoms with E-state index in [0.717, 1.165) is 0 Å². The van der Waals surface area contributed by atoms with Gasteiger partial charge in [-0.2, -0.15) is 0 Å². The lowest BCUT2D eigenvalue weighted by Gasteiger charge is -2.09. The summed E-state index contributed by atoms with van der Waals surface area (Å²) >= 11 is 5.81. The standard InChI is InChI=1S/C15H14ClN3O2/c1-9(20)18-12-4-2-3-10(7-12)15(21)19-14-6-5-11(16)8-13(14)17/h2-8H,17H2,1H3,(H,18,20)(H,19,21). The van der Waals surface area contributed by atoms with Crippen molar-refractivity contribution < 1.29 is 9.59 Å². The van der Waals surface area contributed by atoms with Crippen LogP contribution < -0.4 is 16.4 Å². The zero-order valence-electron chi connectivity index (χ0n) is 11.3. The number of carbonyl (C=O) groups excluding carboxylic acids is 2. The molecule has 0 radical (unpaired) electrons. The van der Waals surface area contributed by atoms with E-state index in [9.17, 15) is 9.59 Å². The predicted molar refractivity (Wildman–Crippen MR) is 84.6 cm³/mol. The first-order valence-electron chi connectivity index (χ1n) is 6.20. The van der Waals surface area contributed by atoms with Gasteiger partial charge in [0, 0.05) is 23.2 Å². The van der Waals surface area contributed by atoms with Crippen LogP contribution in [0.15, 0.2) is 42.5 Å². The lowest BCUT2D eigenvalue weighted by Crippen LogP contribution is -2.14. The van der Waals surface area contributed by atoms with Crippen LogP contribution in [0.25, 0.3) is 0 Å². The van der Waals surface area contributed by atoms with Crippen molar-refractivity contribution in [2.45, 2.75) is 6.92 Å². The monoisotopic (exact) mass is 303 g/mol. The maximum atomic E-state index is 12.2. The molecule has 4 N–H and O–H groups in total. The van der Waals surface area contributed by atoms with Crippen molar-refractivity contribution in [3.63, 3.8) is 0 Å². The topological polar surface area (TPSA) is 84.2 Å². The highest BCUT2D eigenvalue weighted by Crippen LogP contribution is 2.23. The van der Waals surface area contributed by atoms with E-state index < -0.39 is 0 Å². The van der Waals surface area contributed by atoms with Crippen molar-refractivity contribution in [1.82, 2.24) is 0 Å². The fourth-order valence-electron chi connectivity index (χ4n) is 1.78. The SMILES string of the molecule is CC(=O)Nc1cccc(C(=O)Nc2ccc(Cl)cc2N)c1. The molecule has 0 saturated carbocycles. The summed E-state index contributed by atoms with van der Waals surface area (Å²) < 4.78 is 0. The van der Waals surface area contributed by atoms with Gasteiger partial charge in [0.2, 0.25) is 5.91 Å². The average molecular weight is 304 g/mol. The van der Waals surface area contributed by atoms with Crippen molar-refractivity contribution in [3.8, 4) is 0 Å². The van der Waals surface area contributed by atoms with Gasteiger partial charge >= 0.3 is 0 Å². The molecule has 2 rings (SSSR count). The number of nitrogens with two attached hydrogens (primary N) is 1. The Morgan fingerprint density at radius 1 is 1.10 bits per heavy atom. The summed E-state index contributed by atoms with van der Waals surface area (Å²) in [6.07, 6.45) is 0. The number of nitrogens with one attached hydrogen (secondary N) is 2. The molecule has 0 aliphatic heterocycles. The van der Waals surface area contributed by atoms with Crippen molar-refractivity contribution in [2.24, 2.45) is 0 Å². The molecule has 108 valence electrons. The molecular weight excluding hydrogens is 290 g/mol. The summed E-state index contributed by atoms with van der Waals surface area (Å²) in [4.78, 5) is 23.2. The predicted octanol–water partition coefficient (Wildman–Crippen LogP) is 3.13. The molecule has 0 unspecified atom stereocenters. The summed E-state index contributed by atoms with van der Waals surface area (Å²) in [5, 5.41) is 5.82. The lowest BCUT2D eigenvalue weighted by molar-refractivity contribution is -0.114. The molecule has 0 saturated heterocycles. The quantitative estimate of drug-likeness (QED) is 0.762. The Bertz CT molecular complexity index is 701. The first kappa shape index (κ1) is 14.9. The van der Waals surface area contributed by atoms with Crippen LogP contribution in [0.1, 0.15) is 17.3 Å². The number of amides is 2. The summed E-state index contributed by atoms with van der Waals surface area (Å²) in [5.74, 6) is -0.522. The van der Waals surface area contributed by atoms with Gasteiger partial charge in [-0.15, -0.1) is 0 Å². The number of hydrogen-bond donors (Lipinski definition) is 3. The molecule has 2 aromatic rings. The fraction of sp³-hybridized carbons (Fsp3) is 0.0667. The van der Waals surface area contributed by atoms with Crippen LogP contribution in [0, 0.1) is 0 Å². The zero-order chi connectivity index (χ0) is 15.4. The van der Waals surface area contributed by atoms with E-state index in [4.69, 9.17) is 17.3 Å². The van der Waals surface area contributed by atoms with Crippen molar-refractivity contribution in [2.75, 3.05) is 16.4 Å². The third kappa shape index (κ3) is 3.97. The second kappa shape index (κ2) is 6.28. The summed E-state index contributed by atoms with van der Waals surface area (Å²) in [7, 11) is 0. The number of halogens is 1. The van der Waals surface area contributed by atoms with Gasteiger partial charge in [0.05, 0.1) is 11.4 Å². The highest BCUT2D eigenvalue weighted by atomic mass is 35.5. The maximum Gasteiger partial charge on any atom is 0.255 e. The van der Waals surface area contributed by atoms with Crippen molar-refractivity contribution in [3.05, 3.63) is 53.1 Å². The molecule has 0 heterocycles. The number of hydrogen-bond acceptors (Lipinski definition) is 3. The van der Waals surface area contributed by atoms with Gasteiger partial charge in [-0.05, 0) is 36.4 Å². The first-order chi connectivity index (χ1) is 9.95. The maximum absolute atomic E-state index is 12.2. The Morgan fingerprint density at radius 3 is 2.52 bits per heavy atom. The van der Waals surface area contributed by atoms with Crippen LogP contribution in [-0.4, -0.2) is 11.8 Å². The Morgan fingerprint density at radius 2 is 1.86 bits per heavy atom. The van der Waals surface area contributed by atoms with Crippen molar-refractivity contribution >= 4 is 40.5 Å². The number of benzene rings is 2. The van der Waals surface area contributed by atoms with E-state index >= 15 is 0 Å². The molecule has 0 aromatic heterocycles. The highest BCUT2D eigenvalue weighted by Gasteiger charge is 2.09. The largest absolute Gasteiger partial charge is 0.397 e. The van der Waals surface area contributed by atoms with Crippen LogP contribution in [-0.2, 0) is 4.79 Å². The average Bonchev–Trinajstić information content (AvgIpc) is 2.41. The van der Waals surface area contributed by atoms with Gasteiger partial charge in [0.1, 0.15) is 0 Å². The van der Waals surface area contributed by atoms with Gasteiger partial charge < -0.3 is 16.4 Å². The highest BCUT2D eigenvalue weighted by molar-refractivity contribution is 6.31. The molecule has 0 atom stereocenters. The Labute approximate surface area is 127 Å². The molecule has 0 aliphatic rings. The molecule has 0 fully saturated rings. The van der Waals surface area contributed by atoms with E-state index in [0.29, 0.717) is 27.6 Å². The van der Waals surface area contributed by atoms with Gasteiger partial charge in [0.15, 0.2) is 0 Å². The van der Waals surface area contributed by atoms with E-state index in [2.05, 4.69) is 10.6 Å². The summed E-state index contributed by atoms with van der Waals surface area (Å²) in [6, 6.07) is 11.5. The molecule has 0 aliphatic carbocycles. The number of anilines is 3. The normalized spacial score (nSPS) is 10.0. The minimum absolute atomic E-state index is 0.200. The van der Waals surface area contributed by atoms with Crippen molar-refractivity contribution in [1.29, 1.82) is 0 Å². The summed E-state index contributed by atoms with van der Waals surface area (Å²) in [6.45, 7) is 1.40. The molecule has 2 aromatic carbocycles. The number of rotatable bonds is 3. The van der Waals surface area contributed by atoms with Gasteiger partial charge in [-0.3, -0.25) is 9.59 Å². The fourth-order valence-corrected chi connectivity index (χ4v) is 1.96. The van der Waals surface area contributed by atoms with Crippen LogP contribution in [0.4, 0.5) is 17.1 Å². The van der Waals surface area contributed by atoms with E-state index in [1.54, 1.807) is 42.5 Å². The third-order valence-electron chi connectivity index (χ3n) is 2.71. The second-order valence-electron chi connectivity index (χ2n) is 4.45. The number of nitrogen functional groups attached to an aromatic ring is 1. The Balaban J connectivity index is 2.18. The van der Waals surface area contributed by atoms with Crippen LogP contribution in [0.3, 0.4) is 0 Å². The molecule has 0 spiro atoms. The summed E-state index contributed by atoms with van der Waals surface area (Å²) in [5.41, 5.74) is 7.62. The van der Waals surface area contributed by atoms with Gasteiger partial charge in [-0.25, -0.2) is 0 Å². The second-order valence-corrected chi connectivity index (χ2v) is 4.88. The Hall–Kier alpha value is -2.53. The van der Waals surface area contributed by atoms with E-state index in [-0.39, 0.29) is 11.8 Å². The van der Waals surface area contributed by atoms with Crippen LogP contribution in [0.5, 0.6) is 0 Å². The van der Waals surface area contributed by atoms with Gasteiger partial charge in [0.25, 0.3) is 5.91 Å². The smallest absolute Gasteiger partial charge is 0.255 e. The minimum Gasteiger partial charge on any atom is -0.397 e. The molecule has 0 bridgehead atoms. The molecule has 21 heavy (non-hydrogen) atoms. The first-order valence-corrected chi connectivity index (χ1v) is 6.57. The number of carbonyl (C=O) groups is 2.